The van der Waals surface area contributed by atoms with Crippen LogP contribution in [0.4, 0.5) is 11.8 Å². The van der Waals surface area contributed by atoms with Gasteiger partial charge in [0.25, 0.3) is 0 Å². The van der Waals surface area contributed by atoms with Gasteiger partial charge in [0.2, 0.25) is 5.95 Å². The minimum absolute atomic E-state index is 0.191. The topological polar surface area (TPSA) is 95.8 Å². The number of hydrogen-bond donors (Lipinski definition) is 2. The van der Waals surface area contributed by atoms with Gasteiger partial charge >= 0.3 is 0 Å². The Balaban J connectivity index is 1.62. The van der Waals surface area contributed by atoms with Gasteiger partial charge in [0.15, 0.2) is 5.82 Å². The number of rotatable bonds is 4. The number of hydrogen-bond acceptors (Lipinski definition) is 8. The smallest absolute Gasteiger partial charge is 0.246 e. The van der Waals surface area contributed by atoms with E-state index < -0.39 is 0 Å². The third-order valence-electron chi connectivity index (χ3n) is 4.00. The summed E-state index contributed by atoms with van der Waals surface area (Å²) in [5, 5.41) is 13.7. The highest BCUT2D eigenvalue weighted by atomic mass is 16.5. The molecule has 0 unspecified atom stereocenters. The fourth-order valence-electron chi connectivity index (χ4n) is 2.77. The van der Waals surface area contributed by atoms with Gasteiger partial charge in [-0.25, -0.2) is 10.4 Å². The van der Waals surface area contributed by atoms with Crippen molar-refractivity contribution in [3.05, 3.63) is 48.2 Å². The number of pyridine rings is 1. The molecule has 2 aromatic heterocycles. The molecule has 3 heterocycles. The Kier molecular flexibility index (Phi) is 4.57. The highest BCUT2D eigenvalue weighted by molar-refractivity contribution is 5.87. The summed E-state index contributed by atoms with van der Waals surface area (Å²) in [4.78, 5) is 15.6. The summed E-state index contributed by atoms with van der Waals surface area (Å²) < 4.78 is 5.42. The highest BCUT2D eigenvalue weighted by Crippen LogP contribution is 2.24. The zero-order valence-electron chi connectivity index (χ0n) is 14.0. The second-order valence-corrected chi connectivity index (χ2v) is 5.81. The molecule has 1 aliphatic rings. The molecular weight excluding hydrogens is 332 g/mol. The van der Waals surface area contributed by atoms with E-state index in [0.717, 1.165) is 35.5 Å². The molecule has 0 aliphatic carbocycles. The van der Waals surface area contributed by atoms with Gasteiger partial charge in [-0.2, -0.15) is 10.1 Å². The van der Waals surface area contributed by atoms with Gasteiger partial charge in [-0.15, -0.1) is 0 Å². The third kappa shape index (κ3) is 3.55. The van der Waals surface area contributed by atoms with Crippen LogP contribution in [0, 0.1) is 0 Å². The van der Waals surface area contributed by atoms with Crippen molar-refractivity contribution < 1.29 is 9.84 Å². The lowest BCUT2D eigenvalue weighted by Crippen LogP contribution is -2.37. The minimum Gasteiger partial charge on any atom is -0.508 e. The summed E-state index contributed by atoms with van der Waals surface area (Å²) in [5.74, 6) is 1.36. The Morgan fingerprint density at radius 2 is 2.04 bits per heavy atom. The Hall–Kier alpha value is -3.26. The molecule has 26 heavy (non-hydrogen) atoms. The van der Waals surface area contributed by atoms with Gasteiger partial charge < -0.3 is 14.7 Å². The number of phenols is 1. The van der Waals surface area contributed by atoms with Crippen LogP contribution in [-0.4, -0.2) is 52.6 Å². The number of aromatic hydroxyl groups is 1. The monoisotopic (exact) mass is 350 g/mol. The zero-order chi connectivity index (χ0) is 17.8. The number of aromatic nitrogens is 3. The number of fused-ring (bicyclic) bond motifs is 1. The predicted molar refractivity (Wildman–Crippen MR) is 99.7 cm³/mol. The molecule has 1 fully saturated rings. The lowest BCUT2D eigenvalue weighted by Gasteiger charge is -2.28. The minimum atomic E-state index is 0.191. The van der Waals surface area contributed by atoms with E-state index in [4.69, 9.17) is 4.74 Å². The Morgan fingerprint density at radius 3 is 2.88 bits per heavy atom. The summed E-state index contributed by atoms with van der Waals surface area (Å²) >= 11 is 0. The molecule has 1 aromatic carbocycles. The molecule has 132 valence electrons. The molecular formula is C18H18N6O2. The first-order chi connectivity index (χ1) is 12.8. The maximum atomic E-state index is 9.50. The number of morpholine rings is 1. The molecule has 2 N–H and O–H groups in total. The molecule has 4 rings (SSSR count). The fourth-order valence-corrected chi connectivity index (χ4v) is 2.77. The first-order valence-electron chi connectivity index (χ1n) is 8.33. The van der Waals surface area contributed by atoms with Crippen molar-refractivity contribution in [1.82, 2.24) is 15.0 Å². The fraction of sp³-hybridized carbons (Fsp3) is 0.222. The standard InChI is InChI=1S/C18H18N6O2/c25-14-4-1-3-13(11-14)12-20-23-18-21-15-5-2-6-19-16(15)17(22-18)24-7-9-26-10-8-24/h1-6,11-12,25H,7-10H2,(H,21,22,23)/b20-12+. The van der Waals surface area contributed by atoms with E-state index in [2.05, 4.69) is 30.4 Å². The maximum Gasteiger partial charge on any atom is 0.246 e. The van der Waals surface area contributed by atoms with Gasteiger partial charge in [-0.1, -0.05) is 12.1 Å². The first kappa shape index (κ1) is 16.2. The summed E-state index contributed by atoms with van der Waals surface area (Å²) in [6.07, 6.45) is 3.34. The van der Waals surface area contributed by atoms with Gasteiger partial charge in [0.1, 0.15) is 11.3 Å². The van der Waals surface area contributed by atoms with Crippen LogP contribution in [0.25, 0.3) is 11.0 Å². The summed E-state index contributed by atoms with van der Waals surface area (Å²) in [6.45, 7) is 2.84. The molecule has 0 amide bonds. The average Bonchev–Trinajstić information content (AvgIpc) is 2.68. The van der Waals surface area contributed by atoms with Crippen molar-refractivity contribution in [2.75, 3.05) is 36.6 Å². The third-order valence-corrected chi connectivity index (χ3v) is 4.00. The molecule has 0 saturated carbocycles. The molecule has 3 aromatic rings. The summed E-state index contributed by atoms with van der Waals surface area (Å²) in [5.41, 5.74) is 5.15. The van der Waals surface area contributed by atoms with Crippen LogP contribution in [0.3, 0.4) is 0 Å². The number of benzene rings is 1. The average molecular weight is 350 g/mol. The number of hydrazone groups is 1. The normalized spacial score (nSPS) is 14.8. The van der Waals surface area contributed by atoms with Gasteiger partial charge in [-0.3, -0.25) is 4.98 Å². The van der Waals surface area contributed by atoms with Crippen LogP contribution in [-0.2, 0) is 4.74 Å². The Labute approximate surface area is 150 Å². The van der Waals surface area contributed by atoms with Crippen LogP contribution >= 0.6 is 0 Å². The summed E-state index contributed by atoms with van der Waals surface area (Å²) in [7, 11) is 0. The van der Waals surface area contributed by atoms with Gasteiger partial charge in [-0.05, 0) is 29.8 Å². The summed E-state index contributed by atoms with van der Waals surface area (Å²) in [6, 6.07) is 10.6. The van der Waals surface area contributed by atoms with Crippen molar-refractivity contribution in [1.29, 1.82) is 0 Å². The molecule has 0 spiro atoms. The van der Waals surface area contributed by atoms with Crippen LogP contribution in [0.2, 0.25) is 0 Å². The van der Waals surface area contributed by atoms with E-state index in [9.17, 15) is 5.11 Å². The number of ether oxygens (including phenoxy) is 1. The van der Waals surface area contributed by atoms with E-state index >= 15 is 0 Å². The number of nitrogens with zero attached hydrogens (tertiary/aromatic N) is 5. The van der Waals surface area contributed by atoms with E-state index in [0.29, 0.717) is 19.2 Å². The van der Waals surface area contributed by atoms with E-state index in [1.165, 1.54) is 0 Å². The molecule has 0 radical (unpaired) electrons. The Bertz CT molecular complexity index is 940. The van der Waals surface area contributed by atoms with Crippen LogP contribution < -0.4 is 10.3 Å². The second-order valence-electron chi connectivity index (χ2n) is 5.81. The number of phenolic OH excluding ortho intramolecular Hbond substituents is 1. The van der Waals surface area contributed by atoms with Crippen molar-refractivity contribution in [3.8, 4) is 5.75 Å². The SMILES string of the molecule is Oc1cccc(/C=N/Nc2nc(N3CCOCC3)c3ncccc3n2)c1. The van der Waals surface area contributed by atoms with E-state index in [1.807, 2.05) is 18.2 Å². The lowest BCUT2D eigenvalue weighted by molar-refractivity contribution is 0.122. The molecule has 1 saturated heterocycles. The van der Waals surface area contributed by atoms with Crippen molar-refractivity contribution >= 4 is 29.0 Å². The van der Waals surface area contributed by atoms with E-state index in [-0.39, 0.29) is 5.75 Å². The van der Waals surface area contributed by atoms with Crippen molar-refractivity contribution in [2.45, 2.75) is 0 Å². The molecule has 0 bridgehead atoms. The van der Waals surface area contributed by atoms with E-state index in [1.54, 1.807) is 30.6 Å². The number of nitrogens with one attached hydrogen (secondary N) is 1. The Morgan fingerprint density at radius 1 is 1.15 bits per heavy atom. The molecule has 0 atom stereocenters. The van der Waals surface area contributed by atoms with Crippen LogP contribution in [0.15, 0.2) is 47.7 Å². The molecule has 8 nitrogen and oxygen atoms in total. The van der Waals surface area contributed by atoms with Crippen molar-refractivity contribution in [3.63, 3.8) is 0 Å². The zero-order valence-corrected chi connectivity index (χ0v) is 14.0. The highest BCUT2D eigenvalue weighted by Gasteiger charge is 2.18. The van der Waals surface area contributed by atoms with Crippen LogP contribution in [0.5, 0.6) is 5.75 Å². The predicted octanol–water partition coefficient (Wildman–Crippen LogP) is 2.01. The maximum absolute atomic E-state index is 9.50. The second kappa shape index (κ2) is 7.32. The van der Waals surface area contributed by atoms with Gasteiger partial charge in [0.05, 0.1) is 24.9 Å². The van der Waals surface area contributed by atoms with Crippen LogP contribution in [0.1, 0.15) is 5.56 Å². The largest absolute Gasteiger partial charge is 0.508 e. The lowest BCUT2D eigenvalue weighted by atomic mass is 10.2. The number of anilines is 2. The van der Waals surface area contributed by atoms with Gasteiger partial charge in [0, 0.05) is 19.3 Å². The molecule has 1 aliphatic heterocycles. The quantitative estimate of drug-likeness (QED) is 0.549. The molecule has 8 heteroatoms. The first-order valence-corrected chi connectivity index (χ1v) is 8.33. The van der Waals surface area contributed by atoms with Crippen molar-refractivity contribution in [2.24, 2.45) is 5.10 Å².